The molecule has 17 heavy (non-hydrogen) atoms. The molecule has 0 radical (unpaired) electrons. The first-order valence-electron chi connectivity index (χ1n) is 7.53. The molecular weight excluding hydrogens is 208 g/mol. The molecule has 6 saturated carbocycles. The van der Waals surface area contributed by atoms with Crippen LogP contribution in [-0.2, 0) is 0 Å². The summed E-state index contributed by atoms with van der Waals surface area (Å²) in [6, 6.07) is 0. The van der Waals surface area contributed by atoms with E-state index in [0.717, 1.165) is 53.8 Å². The van der Waals surface area contributed by atoms with Gasteiger partial charge in [0.05, 0.1) is 6.10 Å². The van der Waals surface area contributed by atoms with Crippen LogP contribution in [0.25, 0.3) is 0 Å². The van der Waals surface area contributed by atoms with Crippen molar-refractivity contribution in [1.29, 1.82) is 0 Å². The molecule has 0 unspecified atom stereocenters. The molecule has 0 saturated heterocycles. The molecule has 1 heteroatoms. The van der Waals surface area contributed by atoms with Gasteiger partial charge in [0.25, 0.3) is 0 Å². The smallest absolute Gasteiger partial charge is 0.0726 e. The minimum absolute atomic E-state index is 0.133. The molecule has 0 amide bonds. The SMILES string of the molecule is C[C@H]1[C@H](C)[C@H]2[C@@H]3[C@@H]4[C@H]3[C@@H]3[C@]5(C=C[C@@H](O)C[C@@]235)[C@H]14. The zero-order valence-electron chi connectivity index (χ0n) is 10.5. The Hall–Kier alpha value is -0.300. The molecule has 0 aliphatic heterocycles. The molecule has 2 bridgehead atoms. The Bertz CT molecular complexity index is 496. The van der Waals surface area contributed by atoms with Gasteiger partial charge in [0.2, 0.25) is 0 Å². The van der Waals surface area contributed by atoms with Crippen LogP contribution in [0, 0.1) is 58.2 Å². The van der Waals surface area contributed by atoms with Gasteiger partial charge in [-0.25, -0.2) is 0 Å². The third-order valence-corrected chi connectivity index (χ3v) is 8.45. The van der Waals surface area contributed by atoms with Gasteiger partial charge in [-0.15, -0.1) is 0 Å². The fourth-order valence-electron chi connectivity index (χ4n) is 8.52. The Kier molecular flexibility index (Phi) is 1.00. The van der Waals surface area contributed by atoms with E-state index in [4.69, 9.17) is 0 Å². The van der Waals surface area contributed by atoms with Crippen molar-refractivity contribution in [3.05, 3.63) is 12.2 Å². The number of hydrogen-bond acceptors (Lipinski definition) is 1. The summed E-state index contributed by atoms with van der Waals surface area (Å²) in [5.41, 5.74) is 1.18. The number of rotatable bonds is 0. The van der Waals surface area contributed by atoms with Crippen molar-refractivity contribution in [3.63, 3.8) is 0 Å². The Morgan fingerprint density at radius 2 is 1.76 bits per heavy atom. The van der Waals surface area contributed by atoms with Crippen molar-refractivity contribution in [2.75, 3.05) is 0 Å². The first kappa shape index (κ1) is 8.74. The molecule has 7 rings (SSSR count). The summed E-state index contributed by atoms with van der Waals surface area (Å²) in [5.74, 6) is 8.12. The molecule has 0 aromatic carbocycles. The zero-order chi connectivity index (χ0) is 11.3. The molecule has 2 spiro atoms. The first-order valence-corrected chi connectivity index (χ1v) is 7.53. The van der Waals surface area contributed by atoms with Gasteiger partial charge in [-0.05, 0) is 59.2 Å². The van der Waals surface area contributed by atoms with Crippen LogP contribution in [0.2, 0.25) is 0 Å². The van der Waals surface area contributed by atoms with Crippen LogP contribution in [0.1, 0.15) is 20.3 Å². The quantitative estimate of drug-likeness (QED) is 0.631. The highest BCUT2D eigenvalue weighted by Crippen LogP contribution is 3.04. The monoisotopic (exact) mass is 228 g/mol. The minimum atomic E-state index is -0.133. The van der Waals surface area contributed by atoms with E-state index in [1.54, 1.807) is 0 Å². The third kappa shape index (κ3) is 0.514. The van der Waals surface area contributed by atoms with Gasteiger partial charge in [-0.2, -0.15) is 0 Å². The fourth-order valence-corrected chi connectivity index (χ4v) is 8.52. The number of allylic oxidation sites excluding steroid dienone is 1. The number of fused-ring (bicyclic) bond motifs is 1. The molecule has 1 nitrogen and oxygen atoms in total. The van der Waals surface area contributed by atoms with Crippen LogP contribution < -0.4 is 0 Å². The highest BCUT2D eigenvalue weighted by atomic mass is 16.3. The lowest BCUT2D eigenvalue weighted by Gasteiger charge is -2.55. The molecule has 11 atom stereocenters. The highest BCUT2D eigenvalue weighted by molar-refractivity contribution is 5.52. The van der Waals surface area contributed by atoms with Gasteiger partial charge < -0.3 is 5.11 Å². The fraction of sp³-hybridized carbons (Fsp3) is 0.875. The molecule has 1 N–H and O–H groups in total. The van der Waals surface area contributed by atoms with Gasteiger partial charge >= 0.3 is 0 Å². The summed E-state index contributed by atoms with van der Waals surface area (Å²) in [6.07, 6.45) is 5.60. The summed E-state index contributed by atoms with van der Waals surface area (Å²) in [4.78, 5) is 0. The van der Waals surface area contributed by atoms with Crippen LogP contribution in [0.3, 0.4) is 0 Å². The molecular formula is C16H20O. The lowest BCUT2D eigenvalue weighted by molar-refractivity contribution is -0.0704. The van der Waals surface area contributed by atoms with E-state index in [9.17, 15) is 5.11 Å². The van der Waals surface area contributed by atoms with Gasteiger partial charge in [0, 0.05) is 5.41 Å². The molecule has 6 fully saturated rings. The van der Waals surface area contributed by atoms with Crippen molar-refractivity contribution in [3.8, 4) is 0 Å². The van der Waals surface area contributed by atoms with Crippen molar-refractivity contribution < 1.29 is 5.11 Å². The maximum Gasteiger partial charge on any atom is 0.0726 e. The largest absolute Gasteiger partial charge is 0.389 e. The topological polar surface area (TPSA) is 20.2 Å². The summed E-state index contributed by atoms with van der Waals surface area (Å²) in [7, 11) is 0. The second kappa shape index (κ2) is 1.95. The maximum atomic E-state index is 10.1. The van der Waals surface area contributed by atoms with Gasteiger partial charge in [-0.1, -0.05) is 26.0 Å². The zero-order valence-corrected chi connectivity index (χ0v) is 10.5. The highest BCUT2D eigenvalue weighted by Gasteiger charge is 3.01. The Labute approximate surface area is 102 Å². The lowest BCUT2D eigenvalue weighted by Crippen LogP contribution is -2.52. The van der Waals surface area contributed by atoms with E-state index in [-0.39, 0.29) is 6.10 Å². The predicted molar refractivity (Wildman–Crippen MR) is 63.9 cm³/mol. The number of aliphatic hydroxyl groups excluding tert-OH is 1. The third-order valence-electron chi connectivity index (χ3n) is 8.45. The lowest BCUT2D eigenvalue weighted by atomic mass is 9.49. The van der Waals surface area contributed by atoms with E-state index in [1.165, 1.54) is 0 Å². The van der Waals surface area contributed by atoms with Crippen molar-refractivity contribution >= 4 is 0 Å². The maximum absolute atomic E-state index is 10.1. The number of hydrogen-bond donors (Lipinski definition) is 1. The van der Waals surface area contributed by atoms with Crippen LogP contribution >= 0.6 is 0 Å². The Balaban J connectivity index is 1.66. The van der Waals surface area contributed by atoms with Crippen LogP contribution in [-0.4, -0.2) is 11.2 Å². The van der Waals surface area contributed by atoms with Gasteiger partial charge in [0.1, 0.15) is 0 Å². The van der Waals surface area contributed by atoms with Gasteiger partial charge in [0.15, 0.2) is 0 Å². The van der Waals surface area contributed by atoms with E-state index in [2.05, 4.69) is 26.0 Å². The number of aliphatic hydroxyl groups is 1. The summed E-state index contributed by atoms with van der Waals surface area (Å²) in [5, 5.41) is 10.1. The summed E-state index contributed by atoms with van der Waals surface area (Å²) >= 11 is 0. The summed E-state index contributed by atoms with van der Waals surface area (Å²) in [6.45, 7) is 5.03. The standard InChI is InChI=1S/C16H20O/c1-6-7(2)13-10-9-11(10)14-15(12(6)9)4-3-8(17)5-16(13,14)15/h3-4,6-14,17H,5H2,1-2H3/t6-,7-,8+,9+,10+,11+,12+,13-,14+,15-,16+/m0/s1. The molecule has 90 valence electrons. The van der Waals surface area contributed by atoms with Crippen molar-refractivity contribution in [1.82, 2.24) is 0 Å². The second-order valence-electron chi connectivity index (χ2n) is 8.08. The minimum Gasteiger partial charge on any atom is -0.389 e. The average Bonchev–Trinajstić information content (AvgIpc) is 3.07. The van der Waals surface area contributed by atoms with E-state index in [1.807, 2.05) is 0 Å². The molecule has 0 aromatic heterocycles. The second-order valence-corrected chi connectivity index (χ2v) is 8.08. The van der Waals surface area contributed by atoms with Gasteiger partial charge in [-0.3, -0.25) is 0 Å². The predicted octanol–water partition coefficient (Wildman–Crippen LogP) is 2.32. The first-order chi connectivity index (χ1) is 8.16. The Morgan fingerprint density at radius 3 is 2.59 bits per heavy atom. The summed E-state index contributed by atoms with van der Waals surface area (Å²) < 4.78 is 0. The van der Waals surface area contributed by atoms with Crippen molar-refractivity contribution in [2.24, 2.45) is 58.2 Å². The van der Waals surface area contributed by atoms with Crippen LogP contribution in [0.15, 0.2) is 12.2 Å². The van der Waals surface area contributed by atoms with Crippen LogP contribution in [0.4, 0.5) is 0 Å². The van der Waals surface area contributed by atoms with Crippen LogP contribution in [0.5, 0.6) is 0 Å². The normalized spacial score (nSPS) is 83.6. The molecule has 7 aliphatic carbocycles. The van der Waals surface area contributed by atoms with E-state index >= 15 is 0 Å². The van der Waals surface area contributed by atoms with E-state index < -0.39 is 0 Å². The van der Waals surface area contributed by atoms with Crippen molar-refractivity contribution in [2.45, 2.75) is 26.4 Å². The molecule has 7 aliphatic rings. The van der Waals surface area contributed by atoms with E-state index in [0.29, 0.717) is 10.8 Å². The average molecular weight is 228 g/mol. The molecule has 0 aromatic rings. The molecule has 0 heterocycles. The Morgan fingerprint density at radius 1 is 1.06 bits per heavy atom.